The summed E-state index contributed by atoms with van der Waals surface area (Å²) in [6, 6.07) is 11.7. The number of aromatic hydroxyl groups is 1. The number of benzene rings is 2. The second-order valence-corrected chi connectivity index (χ2v) is 4.73. The SMILES string of the molecule is CC1(Cc2c(O)ccc3ccccc23)N=CC=N1. The first-order valence-corrected chi connectivity index (χ1v) is 5.97. The first-order chi connectivity index (χ1) is 8.68. The molecule has 0 amide bonds. The lowest BCUT2D eigenvalue weighted by Gasteiger charge is -2.19. The molecule has 1 aliphatic heterocycles. The number of rotatable bonds is 2. The summed E-state index contributed by atoms with van der Waals surface area (Å²) in [5.41, 5.74) is 0.425. The second kappa shape index (κ2) is 3.95. The Kier molecular flexibility index (Phi) is 2.40. The Morgan fingerprint density at radius 3 is 2.56 bits per heavy atom. The van der Waals surface area contributed by atoms with E-state index in [0.717, 1.165) is 16.3 Å². The average Bonchev–Trinajstić information content (AvgIpc) is 2.80. The molecule has 0 aliphatic carbocycles. The normalized spacial score (nSPS) is 16.5. The van der Waals surface area contributed by atoms with E-state index < -0.39 is 5.66 Å². The molecular formula is C15H14N2O. The van der Waals surface area contributed by atoms with Crippen molar-refractivity contribution in [3.8, 4) is 5.75 Å². The van der Waals surface area contributed by atoms with E-state index in [2.05, 4.69) is 9.98 Å². The molecule has 3 heteroatoms. The Balaban J connectivity index is 2.13. The molecule has 1 aliphatic rings. The van der Waals surface area contributed by atoms with Gasteiger partial charge in [-0.1, -0.05) is 30.3 Å². The van der Waals surface area contributed by atoms with E-state index >= 15 is 0 Å². The van der Waals surface area contributed by atoms with Gasteiger partial charge in [0.25, 0.3) is 0 Å². The molecule has 18 heavy (non-hydrogen) atoms. The Hall–Kier alpha value is -2.16. The number of hydrogen-bond donors (Lipinski definition) is 1. The summed E-state index contributed by atoms with van der Waals surface area (Å²) in [6.07, 6.45) is 4.03. The third-order valence-electron chi connectivity index (χ3n) is 3.30. The topological polar surface area (TPSA) is 45.0 Å². The second-order valence-electron chi connectivity index (χ2n) is 4.73. The van der Waals surface area contributed by atoms with Crippen molar-refractivity contribution >= 4 is 23.2 Å². The zero-order valence-corrected chi connectivity index (χ0v) is 10.2. The summed E-state index contributed by atoms with van der Waals surface area (Å²) in [6.45, 7) is 1.97. The molecule has 0 atom stereocenters. The molecule has 0 radical (unpaired) electrons. The third-order valence-corrected chi connectivity index (χ3v) is 3.30. The standard InChI is InChI=1S/C15H14N2O/c1-15(16-8-9-17-15)10-13-12-5-3-2-4-11(12)6-7-14(13)18/h2-9,18H,10H2,1H3. The van der Waals surface area contributed by atoms with Gasteiger partial charge in [-0.05, 0) is 23.8 Å². The molecule has 1 heterocycles. The van der Waals surface area contributed by atoms with Gasteiger partial charge in [0.2, 0.25) is 0 Å². The largest absolute Gasteiger partial charge is 0.508 e. The zero-order chi connectivity index (χ0) is 12.6. The number of phenolic OH excluding ortho intramolecular Hbond substituents is 1. The van der Waals surface area contributed by atoms with Crippen LogP contribution in [-0.2, 0) is 6.42 Å². The van der Waals surface area contributed by atoms with E-state index in [-0.39, 0.29) is 0 Å². The first-order valence-electron chi connectivity index (χ1n) is 5.97. The molecule has 1 N–H and O–H groups in total. The minimum Gasteiger partial charge on any atom is -0.508 e. The van der Waals surface area contributed by atoms with Gasteiger partial charge in [0, 0.05) is 24.4 Å². The van der Waals surface area contributed by atoms with Gasteiger partial charge in [-0.25, -0.2) is 0 Å². The number of aliphatic imine (C=N–C) groups is 2. The number of phenols is 1. The van der Waals surface area contributed by atoms with Gasteiger partial charge in [-0.15, -0.1) is 0 Å². The lowest BCUT2D eigenvalue weighted by Crippen LogP contribution is -2.20. The minimum atomic E-state index is -0.485. The molecule has 90 valence electrons. The molecule has 0 fully saturated rings. The van der Waals surface area contributed by atoms with Crippen molar-refractivity contribution in [3.63, 3.8) is 0 Å². The first kappa shape index (κ1) is 11.0. The van der Waals surface area contributed by atoms with Crippen LogP contribution in [0.4, 0.5) is 0 Å². The van der Waals surface area contributed by atoms with E-state index in [1.54, 1.807) is 18.5 Å². The van der Waals surface area contributed by atoms with Crippen LogP contribution in [0.3, 0.4) is 0 Å². The van der Waals surface area contributed by atoms with Gasteiger partial charge in [0.15, 0.2) is 5.66 Å². The molecule has 3 nitrogen and oxygen atoms in total. The Bertz CT molecular complexity index is 647. The monoisotopic (exact) mass is 238 g/mol. The lowest BCUT2D eigenvalue weighted by molar-refractivity contribution is 0.450. The predicted octanol–water partition coefficient (Wildman–Crippen LogP) is 2.96. The third kappa shape index (κ3) is 1.78. The Morgan fingerprint density at radius 1 is 1.06 bits per heavy atom. The van der Waals surface area contributed by atoms with E-state index in [4.69, 9.17) is 0 Å². The highest BCUT2D eigenvalue weighted by atomic mass is 16.3. The Morgan fingerprint density at radius 2 is 1.78 bits per heavy atom. The summed E-state index contributed by atoms with van der Waals surface area (Å²) in [7, 11) is 0. The van der Waals surface area contributed by atoms with Crippen molar-refractivity contribution in [3.05, 3.63) is 42.0 Å². The quantitative estimate of drug-likeness (QED) is 0.859. The Labute approximate surface area is 106 Å². The highest BCUT2D eigenvalue weighted by Crippen LogP contribution is 2.32. The van der Waals surface area contributed by atoms with Crippen molar-refractivity contribution in [1.29, 1.82) is 0 Å². The fourth-order valence-corrected chi connectivity index (χ4v) is 2.36. The molecule has 0 saturated heterocycles. The molecule has 0 aromatic heterocycles. The molecule has 0 unspecified atom stereocenters. The lowest BCUT2D eigenvalue weighted by atomic mass is 9.96. The summed E-state index contributed by atoms with van der Waals surface area (Å²) in [4.78, 5) is 8.70. The van der Waals surface area contributed by atoms with Crippen molar-refractivity contribution < 1.29 is 5.11 Å². The highest BCUT2D eigenvalue weighted by Gasteiger charge is 2.25. The number of fused-ring (bicyclic) bond motifs is 1. The van der Waals surface area contributed by atoms with Crippen LogP contribution in [-0.4, -0.2) is 23.2 Å². The van der Waals surface area contributed by atoms with Crippen LogP contribution in [0.2, 0.25) is 0 Å². The van der Waals surface area contributed by atoms with Crippen molar-refractivity contribution in [2.75, 3.05) is 0 Å². The van der Waals surface area contributed by atoms with Crippen molar-refractivity contribution in [2.45, 2.75) is 19.0 Å². The molecular weight excluding hydrogens is 224 g/mol. The minimum absolute atomic E-state index is 0.312. The molecule has 2 aromatic rings. The van der Waals surface area contributed by atoms with Crippen LogP contribution in [0.5, 0.6) is 5.75 Å². The molecule has 3 rings (SSSR count). The van der Waals surface area contributed by atoms with E-state index in [9.17, 15) is 5.11 Å². The summed E-state index contributed by atoms with van der Waals surface area (Å²) in [5.74, 6) is 0.312. The zero-order valence-electron chi connectivity index (χ0n) is 10.2. The van der Waals surface area contributed by atoms with Gasteiger partial charge in [0.05, 0.1) is 0 Å². The maximum Gasteiger partial charge on any atom is 0.151 e. The smallest absolute Gasteiger partial charge is 0.151 e. The fraction of sp³-hybridized carbons (Fsp3) is 0.200. The van der Waals surface area contributed by atoms with Crippen LogP contribution < -0.4 is 0 Å². The summed E-state index contributed by atoms with van der Waals surface area (Å²) >= 11 is 0. The van der Waals surface area contributed by atoms with Gasteiger partial charge in [-0.3, -0.25) is 9.98 Å². The van der Waals surface area contributed by atoms with Crippen LogP contribution in [0.25, 0.3) is 10.8 Å². The summed E-state index contributed by atoms with van der Waals surface area (Å²) < 4.78 is 0. The highest BCUT2D eigenvalue weighted by molar-refractivity contribution is 6.17. The molecule has 0 bridgehead atoms. The molecule has 0 spiro atoms. The van der Waals surface area contributed by atoms with Crippen molar-refractivity contribution in [1.82, 2.24) is 0 Å². The van der Waals surface area contributed by atoms with Crippen LogP contribution in [0, 0.1) is 0 Å². The van der Waals surface area contributed by atoms with Gasteiger partial charge in [-0.2, -0.15) is 0 Å². The van der Waals surface area contributed by atoms with E-state index in [1.165, 1.54) is 0 Å². The van der Waals surface area contributed by atoms with Crippen LogP contribution >= 0.6 is 0 Å². The summed E-state index contributed by atoms with van der Waals surface area (Å²) in [5, 5.41) is 12.3. The number of hydrogen-bond acceptors (Lipinski definition) is 3. The molecule has 2 aromatic carbocycles. The fourth-order valence-electron chi connectivity index (χ4n) is 2.36. The predicted molar refractivity (Wildman–Crippen MR) is 74.7 cm³/mol. The van der Waals surface area contributed by atoms with Crippen LogP contribution in [0.1, 0.15) is 12.5 Å². The van der Waals surface area contributed by atoms with Gasteiger partial charge >= 0.3 is 0 Å². The maximum absolute atomic E-state index is 10.1. The van der Waals surface area contributed by atoms with Crippen molar-refractivity contribution in [2.24, 2.45) is 9.98 Å². The van der Waals surface area contributed by atoms with E-state index in [1.807, 2.05) is 37.3 Å². The van der Waals surface area contributed by atoms with Crippen LogP contribution in [0.15, 0.2) is 46.4 Å². The average molecular weight is 238 g/mol. The number of nitrogens with zero attached hydrogens (tertiary/aromatic N) is 2. The maximum atomic E-state index is 10.1. The van der Waals surface area contributed by atoms with Gasteiger partial charge in [0.1, 0.15) is 5.75 Å². The van der Waals surface area contributed by atoms with Gasteiger partial charge < -0.3 is 5.11 Å². The van der Waals surface area contributed by atoms with E-state index in [0.29, 0.717) is 12.2 Å². The molecule has 0 saturated carbocycles.